The molecule has 1 N–H and O–H groups in total. The highest BCUT2D eigenvalue weighted by atomic mass is 16.5. The van der Waals surface area contributed by atoms with Gasteiger partial charge in [0.15, 0.2) is 6.61 Å². The highest BCUT2D eigenvalue weighted by Crippen LogP contribution is 2.23. The number of carbonyl (C=O) groups excluding carboxylic acids is 1. The van der Waals surface area contributed by atoms with Gasteiger partial charge in [-0.25, -0.2) is 4.79 Å². The van der Waals surface area contributed by atoms with E-state index in [0.29, 0.717) is 11.3 Å². The molecule has 1 unspecified atom stereocenters. The molecule has 0 radical (unpaired) electrons. The Morgan fingerprint density at radius 2 is 1.96 bits per heavy atom. The predicted molar refractivity (Wildman–Crippen MR) is 105 cm³/mol. The molecule has 27 heavy (non-hydrogen) atoms. The Bertz CT molecular complexity index is 1020. The van der Waals surface area contributed by atoms with Gasteiger partial charge in [0.25, 0.3) is 5.91 Å². The van der Waals surface area contributed by atoms with Crippen LogP contribution in [0.3, 0.4) is 0 Å². The van der Waals surface area contributed by atoms with Gasteiger partial charge in [0.05, 0.1) is 6.04 Å². The number of fused-ring (bicyclic) bond motifs is 1. The number of nitrogens with one attached hydrogen (secondary N) is 1. The van der Waals surface area contributed by atoms with Crippen molar-refractivity contribution < 1.29 is 13.9 Å². The maximum absolute atomic E-state index is 12.2. The Morgan fingerprint density at radius 1 is 1.19 bits per heavy atom. The molecule has 0 aliphatic heterocycles. The van der Waals surface area contributed by atoms with Crippen molar-refractivity contribution >= 4 is 16.9 Å². The first kappa shape index (κ1) is 18.7. The summed E-state index contributed by atoms with van der Waals surface area (Å²) in [4.78, 5) is 23.9. The van der Waals surface area contributed by atoms with Gasteiger partial charge < -0.3 is 14.5 Å². The van der Waals surface area contributed by atoms with E-state index >= 15 is 0 Å². The summed E-state index contributed by atoms with van der Waals surface area (Å²) in [5, 5.41) is 3.81. The SMILES string of the molecule is CCc1cc(=O)oc2cc(OCC(=O)NC(C)c3ccccc3C)ccc12. The number of amides is 1. The molecule has 2 aromatic carbocycles. The highest BCUT2D eigenvalue weighted by Gasteiger charge is 2.12. The van der Waals surface area contributed by atoms with E-state index in [1.165, 1.54) is 6.07 Å². The minimum atomic E-state index is -0.388. The van der Waals surface area contributed by atoms with Gasteiger partial charge in [-0.2, -0.15) is 0 Å². The fraction of sp³-hybridized carbons (Fsp3) is 0.273. The Kier molecular flexibility index (Phi) is 5.60. The van der Waals surface area contributed by atoms with Gasteiger partial charge in [-0.1, -0.05) is 31.2 Å². The van der Waals surface area contributed by atoms with Crippen molar-refractivity contribution in [1.82, 2.24) is 5.32 Å². The smallest absolute Gasteiger partial charge is 0.336 e. The predicted octanol–water partition coefficient (Wildman–Crippen LogP) is 3.92. The van der Waals surface area contributed by atoms with Gasteiger partial charge in [-0.3, -0.25) is 4.79 Å². The lowest BCUT2D eigenvalue weighted by Gasteiger charge is -2.16. The first-order chi connectivity index (χ1) is 13.0. The topological polar surface area (TPSA) is 68.5 Å². The molecule has 0 aliphatic rings. The minimum Gasteiger partial charge on any atom is -0.484 e. The van der Waals surface area contributed by atoms with Crippen molar-refractivity contribution in [2.45, 2.75) is 33.2 Å². The molecule has 3 rings (SSSR count). The number of aryl methyl sites for hydroxylation is 2. The monoisotopic (exact) mass is 365 g/mol. The van der Waals surface area contributed by atoms with Crippen molar-refractivity contribution in [2.75, 3.05) is 6.61 Å². The molecule has 0 spiro atoms. The van der Waals surface area contributed by atoms with Crippen LogP contribution in [0.25, 0.3) is 11.0 Å². The van der Waals surface area contributed by atoms with Crippen LogP contribution < -0.4 is 15.7 Å². The number of rotatable bonds is 6. The van der Waals surface area contributed by atoms with Crippen LogP contribution in [0.2, 0.25) is 0 Å². The van der Waals surface area contributed by atoms with E-state index in [2.05, 4.69) is 5.32 Å². The lowest BCUT2D eigenvalue weighted by molar-refractivity contribution is -0.123. The van der Waals surface area contributed by atoms with Crippen molar-refractivity contribution in [3.05, 3.63) is 75.6 Å². The van der Waals surface area contributed by atoms with Crippen LogP contribution in [0.5, 0.6) is 5.75 Å². The fourth-order valence-electron chi connectivity index (χ4n) is 3.17. The molecule has 0 bridgehead atoms. The number of hydrogen-bond acceptors (Lipinski definition) is 4. The van der Waals surface area contributed by atoms with Crippen LogP contribution in [-0.4, -0.2) is 12.5 Å². The number of ether oxygens (including phenoxy) is 1. The Hall–Kier alpha value is -3.08. The summed E-state index contributed by atoms with van der Waals surface area (Å²) in [6.45, 7) is 5.83. The van der Waals surface area contributed by atoms with Gasteiger partial charge in [-0.05, 0) is 49.1 Å². The van der Waals surface area contributed by atoms with E-state index in [9.17, 15) is 9.59 Å². The fourth-order valence-corrected chi connectivity index (χ4v) is 3.17. The van der Waals surface area contributed by atoms with Crippen molar-refractivity contribution in [2.24, 2.45) is 0 Å². The van der Waals surface area contributed by atoms with E-state index in [4.69, 9.17) is 9.15 Å². The molecule has 3 aromatic rings. The first-order valence-corrected chi connectivity index (χ1v) is 9.02. The second-order valence-electron chi connectivity index (χ2n) is 6.54. The van der Waals surface area contributed by atoms with Crippen LogP contribution in [-0.2, 0) is 11.2 Å². The zero-order valence-corrected chi connectivity index (χ0v) is 15.7. The van der Waals surface area contributed by atoms with Crippen LogP contribution in [0.4, 0.5) is 0 Å². The molecule has 0 saturated heterocycles. The highest BCUT2D eigenvalue weighted by molar-refractivity contribution is 5.82. The number of benzene rings is 2. The van der Waals surface area contributed by atoms with E-state index in [1.54, 1.807) is 12.1 Å². The van der Waals surface area contributed by atoms with Crippen LogP contribution in [0.15, 0.2) is 57.7 Å². The van der Waals surface area contributed by atoms with E-state index in [1.807, 2.05) is 51.1 Å². The number of carbonyl (C=O) groups is 1. The summed E-state index contributed by atoms with van der Waals surface area (Å²) in [5.74, 6) is 0.271. The van der Waals surface area contributed by atoms with E-state index in [-0.39, 0.29) is 24.2 Å². The molecule has 1 heterocycles. The van der Waals surface area contributed by atoms with E-state index < -0.39 is 0 Å². The quantitative estimate of drug-likeness (QED) is 0.672. The summed E-state index contributed by atoms with van der Waals surface area (Å²) in [6, 6.07) is 14.6. The summed E-state index contributed by atoms with van der Waals surface area (Å²) >= 11 is 0. The maximum Gasteiger partial charge on any atom is 0.336 e. The van der Waals surface area contributed by atoms with Gasteiger partial charge in [-0.15, -0.1) is 0 Å². The third-order valence-electron chi connectivity index (χ3n) is 4.58. The minimum absolute atomic E-state index is 0.107. The van der Waals surface area contributed by atoms with Crippen molar-refractivity contribution in [1.29, 1.82) is 0 Å². The lowest BCUT2D eigenvalue weighted by Crippen LogP contribution is -2.31. The molecule has 5 heteroatoms. The zero-order chi connectivity index (χ0) is 19.4. The van der Waals surface area contributed by atoms with Gasteiger partial charge >= 0.3 is 5.63 Å². The normalized spacial score (nSPS) is 12.0. The number of hydrogen-bond donors (Lipinski definition) is 1. The maximum atomic E-state index is 12.2. The third-order valence-corrected chi connectivity index (χ3v) is 4.58. The van der Waals surface area contributed by atoms with Gasteiger partial charge in [0.1, 0.15) is 11.3 Å². The van der Waals surface area contributed by atoms with Crippen LogP contribution >= 0.6 is 0 Å². The lowest BCUT2D eigenvalue weighted by atomic mass is 10.0. The first-order valence-electron chi connectivity index (χ1n) is 9.02. The van der Waals surface area contributed by atoms with Gasteiger partial charge in [0, 0.05) is 17.5 Å². The molecule has 0 fully saturated rings. The Labute approximate surface area is 158 Å². The molecule has 140 valence electrons. The van der Waals surface area contributed by atoms with Crippen LogP contribution in [0, 0.1) is 6.92 Å². The average molecular weight is 365 g/mol. The average Bonchev–Trinajstić information content (AvgIpc) is 2.65. The molecule has 1 amide bonds. The molecule has 0 saturated carbocycles. The van der Waals surface area contributed by atoms with Crippen LogP contribution in [0.1, 0.15) is 36.6 Å². The summed E-state index contributed by atoms with van der Waals surface area (Å²) in [6.07, 6.45) is 0.738. The molecular weight excluding hydrogens is 342 g/mol. The summed E-state index contributed by atoms with van der Waals surface area (Å²) < 4.78 is 10.8. The van der Waals surface area contributed by atoms with Gasteiger partial charge in [0.2, 0.25) is 0 Å². The second-order valence-corrected chi connectivity index (χ2v) is 6.54. The van der Waals surface area contributed by atoms with Crippen molar-refractivity contribution in [3.8, 4) is 5.75 Å². The standard InChI is InChI=1S/C22H23NO4/c1-4-16-11-22(25)27-20-12-17(9-10-19(16)20)26-13-21(24)23-15(3)18-8-6-5-7-14(18)2/h5-12,15H,4,13H2,1-3H3,(H,23,24). The molecule has 0 aliphatic carbocycles. The molecule has 5 nitrogen and oxygen atoms in total. The largest absolute Gasteiger partial charge is 0.484 e. The second kappa shape index (κ2) is 8.08. The van der Waals surface area contributed by atoms with E-state index in [0.717, 1.165) is 28.5 Å². The summed E-state index contributed by atoms with van der Waals surface area (Å²) in [7, 11) is 0. The van der Waals surface area contributed by atoms with Crippen molar-refractivity contribution in [3.63, 3.8) is 0 Å². The Balaban J connectivity index is 1.67. The summed E-state index contributed by atoms with van der Waals surface area (Å²) in [5.41, 5.74) is 3.21. The molecule has 1 aromatic heterocycles. The molecule has 1 atom stereocenters. The third kappa shape index (κ3) is 4.37. The zero-order valence-electron chi connectivity index (χ0n) is 15.7. The Morgan fingerprint density at radius 3 is 2.70 bits per heavy atom. The molecular formula is C22H23NO4.